The molecule has 0 aliphatic carbocycles. The Morgan fingerprint density at radius 3 is 2.58 bits per heavy atom. The third-order valence-corrected chi connectivity index (χ3v) is 5.18. The fourth-order valence-corrected chi connectivity index (χ4v) is 3.51. The van der Waals surface area contributed by atoms with Gasteiger partial charge in [0.15, 0.2) is 5.82 Å². The number of ether oxygens (including phenoxy) is 1. The molecule has 0 aliphatic rings. The predicted molar refractivity (Wildman–Crippen MR) is 91.7 cm³/mol. The molecule has 0 fully saturated rings. The van der Waals surface area contributed by atoms with Gasteiger partial charge in [0, 0.05) is 16.5 Å². The van der Waals surface area contributed by atoms with Crippen molar-refractivity contribution in [3.05, 3.63) is 54.4 Å². The number of benzene rings is 2. The number of nitrogens with zero attached hydrogens (tertiary/aromatic N) is 4. The van der Waals surface area contributed by atoms with Crippen LogP contribution in [0.1, 0.15) is 5.56 Å². The fraction of sp³-hybridized carbons (Fsp3) is 0.118. The Morgan fingerprint density at radius 2 is 1.92 bits per heavy atom. The van der Waals surface area contributed by atoms with Crippen LogP contribution < -0.4 is 4.74 Å². The van der Waals surface area contributed by atoms with Crippen molar-refractivity contribution in [1.29, 1.82) is 5.26 Å². The van der Waals surface area contributed by atoms with Gasteiger partial charge in [0.05, 0.1) is 28.5 Å². The Labute approximate surface area is 139 Å². The number of rotatable bonds is 3. The molecule has 0 spiro atoms. The van der Waals surface area contributed by atoms with Crippen LogP contribution in [0, 0.1) is 11.3 Å². The van der Waals surface area contributed by atoms with Crippen LogP contribution >= 0.6 is 0 Å². The smallest absolute Gasteiger partial charge is 0.173 e. The van der Waals surface area contributed by atoms with E-state index in [1.807, 2.05) is 18.2 Å². The average molecular weight is 338 g/mol. The van der Waals surface area contributed by atoms with E-state index in [9.17, 15) is 4.21 Å². The van der Waals surface area contributed by atoms with Crippen molar-refractivity contribution in [3.8, 4) is 11.8 Å². The molecule has 6 nitrogen and oxygen atoms in total. The highest BCUT2D eigenvalue weighted by Crippen LogP contribution is 2.30. The summed E-state index contributed by atoms with van der Waals surface area (Å²) in [4.78, 5) is 8.91. The van der Waals surface area contributed by atoms with Crippen LogP contribution in [0.4, 0.5) is 5.82 Å². The van der Waals surface area contributed by atoms with Gasteiger partial charge in [0.25, 0.3) is 0 Å². The molecule has 0 aliphatic heterocycles. The first kappa shape index (κ1) is 15.9. The molecule has 0 saturated carbocycles. The maximum atomic E-state index is 13.0. The second kappa shape index (κ2) is 6.26. The summed E-state index contributed by atoms with van der Waals surface area (Å²) in [6, 6.07) is 14.0. The van der Waals surface area contributed by atoms with Gasteiger partial charge in [-0.15, -0.1) is 0 Å². The van der Waals surface area contributed by atoms with Crippen LogP contribution in [-0.2, 0) is 9.73 Å². The molecule has 0 saturated heterocycles. The molecule has 0 radical (unpaired) electrons. The minimum atomic E-state index is -2.71. The molecule has 0 bridgehead atoms. The maximum absolute atomic E-state index is 13.0. The van der Waals surface area contributed by atoms with Crippen molar-refractivity contribution >= 4 is 26.4 Å². The lowest BCUT2D eigenvalue weighted by Gasteiger charge is -2.07. The number of hydrogen-bond donors (Lipinski definition) is 0. The van der Waals surface area contributed by atoms with Crippen LogP contribution in [0.2, 0.25) is 0 Å². The lowest BCUT2D eigenvalue weighted by molar-refractivity contribution is 0.419. The molecule has 0 N–H and O–H groups in total. The van der Waals surface area contributed by atoms with Crippen molar-refractivity contribution in [3.63, 3.8) is 0 Å². The topological polar surface area (TPSA) is 88.2 Å². The molecule has 7 heteroatoms. The summed E-state index contributed by atoms with van der Waals surface area (Å²) in [5, 5.41) is 9.53. The van der Waals surface area contributed by atoms with Crippen molar-refractivity contribution in [2.45, 2.75) is 4.90 Å². The second-order valence-electron chi connectivity index (χ2n) is 5.08. The molecule has 3 aromatic rings. The Kier molecular flexibility index (Phi) is 4.15. The Hall–Kier alpha value is -2.98. The molecular formula is C17H14N4O2S. The molecule has 1 aromatic heterocycles. The highest BCUT2D eigenvalue weighted by Gasteiger charge is 2.11. The SMILES string of the molecule is COc1cccc2c(N=S(C)(=O)c3ccc(C#N)cc3)ncnc12. The summed E-state index contributed by atoms with van der Waals surface area (Å²) in [5.74, 6) is 0.947. The number of para-hydroxylation sites is 1. The molecule has 3 rings (SSSR count). The van der Waals surface area contributed by atoms with Crippen molar-refractivity contribution in [2.24, 2.45) is 4.36 Å². The molecular weight excluding hydrogens is 324 g/mol. The molecule has 1 heterocycles. The lowest BCUT2D eigenvalue weighted by atomic mass is 10.2. The Morgan fingerprint density at radius 1 is 1.17 bits per heavy atom. The summed E-state index contributed by atoms with van der Waals surface area (Å²) in [6.45, 7) is 0. The van der Waals surface area contributed by atoms with Gasteiger partial charge in [-0.1, -0.05) is 6.07 Å². The van der Waals surface area contributed by atoms with Crippen molar-refractivity contribution < 1.29 is 8.95 Å². The molecule has 1 atom stereocenters. The van der Waals surface area contributed by atoms with E-state index in [1.54, 1.807) is 43.7 Å². The summed E-state index contributed by atoms with van der Waals surface area (Å²) < 4.78 is 22.7. The summed E-state index contributed by atoms with van der Waals surface area (Å²) in [6.07, 6.45) is 2.92. The van der Waals surface area contributed by atoms with Crippen LogP contribution in [0.3, 0.4) is 0 Å². The third kappa shape index (κ3) is 2.92. The van der Waals surface area contributed by atoms with Gasteiger partial charge in [0.2, 0.25) is 0 Å². The number of aromatic nitrogens is 2. The van der Waals surface area contributed by atoms with Gasteiger partial charge in [-0.2, -0.15) is 9.62 Å². The van der Waals surface area contributed by atoms with Crippen molar-refractivity contribution in [2.75, 3.05) is 13.4 Å². The standard InChI is InChI=1S/C17H14N4O2S/c1-23-15-5-3-4-14-16(15)19-11-20-17(14)21-24(2,22)13-8-6-12(10-18)7-9-13/h3-9,11H,1-2H3. The molecule has 120 valence electrons. The molecule has 1 unspecified atom stereocenters. The van der Waals surface area contributed by atoms with E-state index in [2.05, 4.69) is 14.3 Å². The maximum Gasteiger partial charge on any atom is 0.173 e. The number of fused-ring (bicyclic) bond motifs is 1. The van der Waals surface area contributed by atoms with E-state index in [0.29, 0.717) is 32.9 Å². The highest BCUT2D eigenvalue weighted by molar-refractivity contribution is 7.93. The van der Waals surface area contributed by atoms with E-state index < -0.39 is 9.73 Å². The van der Waals surface area contributed by atoms with Gasteiger partial charge in [-0.3, -0.25) is 0 Å². The highest BCUT2D eigenvalue weighted by atomic mass is 32.2. The zero-order valence-corrected chi connectivity index (χ0v) is 13.9. The fourth-order valence-electron chi connectivity index (χ4n) is 2.28. The first-order chi connectivity index (χ1) is 11.5. The Balaban J connectivity index is 2.18. The number of hydrogen-bond acceptors (Lipinski definition) is 6. The van der Waals surface area contributed by atoms with E-state index >= 15 is 0 Å². The molecule has 24 heavy (non-hydrogen) atoms. The number of nitriles is 1. The third-order valence-electron chi connectivity index (χ3n) is 3.51. The molecule has 2 aromatic carbocycles. The predicted octanol–water partition coefficient (Wildman–Crippen LogP) is 3.30. The van der Waals surface area contributed by atoms with E-state index in [-0.39, 0.29) is 0 Å². The summed E-state index contributed by atoms with van der Waals surface area (Å²) in [5.41, 5.74) is 1.12. The average Bonchev–Trinajstić information content (AvgIpc) is 2.61. The van der Waals surface area contributed by atoms with Gasteiger partial charge >= 0.3 is 0 Å². The van der Waals surface area contributed by atoms with Gasteiger partial charge in [-0.25, -0.2) is 14.2 Å². The minimum Gasteiger partial charge on any atom is -0.494 e. The summed E-state index contributed by atoms with van der Waals surface area (Å²) in [7, 11) is -1.15. The van der Waals surface area contributed by atoms with E-state index in [4.69, 9.17) is 10.00 Å². The van der Waals surface area contributed by atoms with Gasteiger partial charge in [0.1, 0.15) is 17.6 Å². The van der Waals surface area contributed by atoms with Crippen LogP contribution in [0.5, 0.6) is 5.75 Å². The first-order valence-corrected chi connectivity index (χ1v) is 8.97. The monoisotopic (exact) mass is 338 g/mol. The van der Waals surface area contributed by atoms with Gasteiger partial charge < -0.3 is 4.74 Å². The summed E-state index contributed by atoms with van der Waals surface area (Å²) >= 11 is 0. The van der Waals surface area contributed by atoms with E-state index in [0.717, 1.165) is 0 Å². The second-order valence-corrected chi connectivity index (χ2v) is 7.34. The van der Waals surface area contributed by atoms with Crippen LogP contribution in [0.25, 0.3) is 10.9 Å². The van der Waals surface area contributed by atoms with Crippen LogP contribution in [0.15, 0.2) is 58.1 Å². The zero-order valence-electron chi connectivity index (χ0n) is 13.1. The van der Waals surface area contributed by atoms with Crippen molar-refractivity contribution in [1.82, 2.24) is 9.97 Å². The van der Waals surface area contributed by atoms with Crippen LogP contribution in [-0.4, -0.2) is 27.5 Å². The van der Waals surface area contributed by atoms with E-state index in [1.165, 1.54) is 6.33 Å². The minimum absolute atomic E-state index is 0.343. The first-order valence-electron chi connectivity index (χ1n) is 7.05. The zero-order chi connectivity index (χ0) is 17.2. The number of methoxy groups -OCH3 is 1. The largest absolute Gasteiger partial charge is 0.494 e. The normalized spacial score (nSPS) is 13.0. The Bertz CT molecular complexity index is 1060. The quantitative estimate of drug-likeness (QED) is 0.731. The molecule has 0 amide bonds. The van der Waals surface area contributed by atoms with Gasteiger partial charge in [-0.05, 0) is 36.4 Å². The lowest BCUT2D eigenvalue weighted by Crippen LogP contribution is -1.98.